The highest BCUT2D eigenvalue weighted by atomic mass is 35.5. The summed E-state index contributed by atoms with van der Waals surface area (Å²) in [7, 11) is -3.14. The number of aryl methyl sites for hydroxylation is 1. The summed E-state index contributed by atoms with van der Waals surface area (Å²) in [4.78, 5) is 23.4. The largest absolute Gasteiger partial charge is 0.495 e. The number of carbonyl (C=O) groups is 1. The zero-order valence-corrected chi connectivity index (χ0v) is 21.2. The van der Waals surface area contributed by atoms with Crippen LogP contribution in [0.2, 0.25) is 10.0 Å². The molecule has 9 nitrogen and oxygen atoms in total. The lowest BCUT2D eigenvalue weighted by Crippen LogP contribution is -2.38. The molecule has 0 spiro atoms. The molecule has 0 radical (unpaired) electrons. The van der Waals surface area contributed by atoms with Crippen molar-refractivity contribution in [1.29, 1.82) is 0 Å². The highest BCUT2D eigenvalue weighted by molar-refractivity contribution is 7.92. The molecule has 0 aliphatic rings. The highest BCUT2D eigenvalue weighted by Crippen LogP contribution is 2.36. The zero-order chi connectivity index (χ0) is 25.9. The molecule has 12 heteroatoms. The van der Waals surface area contributed by atoms with Gasteiger partial charge in [0.1, 0.15) is 12.3 Å². The van der Waals surface area contributed by atoms with Crippen LogP contribution in [0.1, 0.15) is 11.1 Å². The van der Waals surface area contributed by atoms with Gasteiger partial charge in [-0.05, 0) is 55.8 Å². The number of nitro benzene ring substituents is 1. The van der Waals surface area contributed by atoms with Crippen molar-refractivity contribution in [3.05, 3.63) is 85.9 Å². The smallest absolute Gasteiger partial charge is 0.273 e. The Kier molecular flexibility index (Phi) is 7.89. The first-order valence-corrected chi connectivity index (χ1v) is 12.3. The Morgan fingerprint density at radius 1 is 1.11 bits per heavy atom. The van der Waals surface area contributed by atoms with Crippen molar-refractivity contribution in [2.24, 2.45) is 0 Å². The number of nitrogens with one attached hydrogen (secondary N) is 1. The number of nitro groups is 1. The third-order valence-electron chi connectivity index (χ3n) is 5.20. The van der Waals surface area contributed by atoms with Crippen molar-refractivity contribution in [2.45, 2.75) is 18.7 Å². The van der Waals surface area contributed by atoms with Gasteiger partial charge < -0.3 is 10.1 Å². The first-order chi connectivity index (χ1) is 16.4. The van der Waals surface area contributed by atoms with Gasteiger partial charge in [0.2, 0.25) is 5.91 Å². The number of hydrogen-bond donors (Lipinski definition) is 1. The molecular formula is C23H21Cl2N3O6S. The zero-order valence-electron chi connectivity index (χ0n) is 18.9. The minimum atomic E-state index is -4.48. The van der Waals surface area contributed by atoms with Gasteiger partial charge >= 0.3 is 0 Å². The Morgan fingerprint density at radius 3 is 2.49 bits per heavy atom. The van der Waals surface area contributed by atoms with E-state index in [1.165, 1.54) is 44.4 Å². The minimum Gasteiger partial charge on any atom is -0.495 e. The Hall–Kier alpha value is -3.34. The van der Waals surface area contributed by atoms with Crippen LogP contribution in [0, 0.1) is 24.0 Å². The van der Waals surface area contributed by atoms with Gasteiger partial charge in [0.25, 0.3) is 15.7 Å². The van der Waals surface area contributed by atoms with Gasteiger partial charge in [-0.3, -0.25) is 19.2 Å². The number of methoxy groups -OCH3 is 1. The molecule has 0 aliphatic carbocycles. The van der Waals surface area contributed by atoms with E-state index >= 15 is 0 Å². The molecule has 3 aromatic rings. The lowest BCUT2D eigenvalue weighted by molar-refractivity contribution is -0.385. The van der Waals surface area contributed by atoms with Crippen molar-refractivity contribution in [3.8, 4) is 5.75 Å². The second-order valence-electron chi connectivity index (χ2n) is 7.49. The number of rotatable bonds is 8. The molecular weight excluding hydrogens is 517 g/mol. The second-order valence-corrected chi connectivity index (χ2v) is 10.2. The molecule has 0 atom stereocenters. The molecule has 3 aromatic carbocycles. The average molecular weight is 538 g/mol. The Bertz CT molecular complexity index is 1410. The molecule has 184 valence electrons. The van der Waals surface area contributed by atoms with Crippen LogP contribution >= 0.6 is 23.2 Å². The van der Waals surface area contributed by atoms with Crippen molar-refractivity contribution in [1.82, 2.24) is 0 Å². The number of nitrogens with zero attached hydrogens (tertiary/aromatic N) is 2. The van der Waals surface area contributed by atoms with Crippen LogP contribution < -0.4 is 14.4 Å². The van der Waals surface area contributed by atoms with Gasteiger partial charge in [0, 0.05) is 27.4 Å². The number of sulfonamides is 1. The van der Waals surface area contributed by atoms with Crippen LogP contribution in [0.5, 0.6) is 5.75 Å². The van der Waals surface area contributed by atoms with Gasteiger partial charge in [-0.2, -0.15) is 0 Å². The number of ether oxygens (including phenoxy) is 1. The summed E-state index contributed by atoms with van der Waals surface area (Å²) in [5, 5.41) is 14.7. The topological polar surface area (TPSA) is 119 Å². The minimum absolute atomic E-state index is 0.0128. The molecule has 0 unspecified atom stereocenters. The molecule has 0 saturated heterocycles. The van der Waals surface area contributed by atoms with E-state index in [2.05, 4.69) is 5.32 Å². The summed E-state index contributed by atoms with van der Waals surface area (Å²) in [6.45, 7) is 2.53. The fraction of sp³-hybridized carbons (Fsp3) is 0.174. The van der Waals surface area contributed by atoms with Crippen molar-refractivity contribution < 1.29 is 22.9 Å². The molecule has 35 heavy (non-hydrogen) atoms. The number of benzene rings is 3. The molecule has 0 aromatic heterocycles. The van der Waals surface area contributed by atoms with Crippen molar-refractivity contribution in [2.75, 3.05) is 23.3 Å². The summed E-state index contributed by atoms with van der Waals surface area (Å²) < 4.78 is 33.5. The van der Waals surface area contributed by atoms with E-state index in [0.29, 0.717) is 16.3 Å². The van der Waals surface area contributed by atoms with E-state index in [9.17, 15) is 23.3 Å². The molecule has 0 aliphatic heterocycles. The van der Waals surface area contributed by atoms with E-state index in [-0.39, 0.29) is 32.6 Å². The van der Waals surface area contributed by atoms with E-state index < -0.39 is 27.4 Å². The Balaban J connectivity index is 2.11. The summed E-state index contributed by atoms with van der Waals surface area (Å²) in [5.41, 5.74) is 0.912. The van der Waals surface area contributed by atoms with E-state index in [1.807, 2.05) is 0 Å². The first kappa shape index (κ1) is 26.3. The van der Waals surface area contributed by atoms with Gasteiger partial charge in [-0.15, -0.1) is 0 Å². The Morgan fingerprint density at radius 2 is 1.83 bits per heavy atom. The SMILES string of the molecule is COc1ccc(Cl)cc1N(CC(=O)Nc1cccc(Cl)c1C)S(=O)(=O)c1ccc(C)c([N+](=O)[O-])c1. The number of hydrogen-bond acceptors (Lipinski definition) is 6. The third-order valence-corrected chi connectivity index (χ3v) is 7.60. The quantitative estimate of drug-likeness (QED) is 0.305. The predicted octanol–water partition coefficient (Wildman–Crippen LogP) is 5.36. The average Bonchev–Trinajstić information content (AvgIpc) is 2.80. The lowest BCUT2D eigenvalue weighted by atomic mass is 10.2. The number of carbonyl (C=O) groups excluding carboxylic acids is 1. The summed E-state index contributed by atoms with van der Waals surface area (Å²) in [5.74, 6) is -0.547. The van der Waals surface area contributed by atoms with Crippen molar-refractivity contribution >= 4 is 56.2 Å². The molecule has 1 N–H and O–H groups in total. The van der Waals surface area contributed by atoms with Crippen LogP contribution in [-0.4, -0.2) is 32.9 Å². The fourth-order valence-corrected chi connectivity index (χ4v) is 5.08. The van der Waals surface area contributed by atoms with E-state index in [4.69, 9.17) is 27.9 Å². The van der Waals surface area contributed by atoms with E-state index in [1.54, 1.807) is 25.1 Å². The normalized spacial score (nSPS) is 11.1. The van der Waals surface area contributed by atoms with Gasteiger partial charge in [0.15, 0.2) is 0 Å². The van der Waals surface area contributed by atoms with Crippen LogP contribution in [0.15, 0.2) is 59.5 Å². The van der Waals surface area contributed by atoms with Crippen LogP contribution in [0.25, 0.3) is 0 Å². The predicted molar refractivity (Wildman–Crippen MR) is 135 cm³/mol. The van der Waals surface area contributed by atoms with E-state index in [0.717, 1.165) is 10.4 Å². The second kappa shape index (κ2) is 10.5. The molecule has 0 fully saturated rings. The standard InChI is InChI=1S/C23H21Cl2N3O6S/c1-14-7-9-17(12-20(14)28(30)31)35(32,33)27(21-11-16(24)8-10-22(21)34-3)13-23(29)26-19-6-4-5-18(25)15(19)2/h4-12H,13H2,1-3H3,(H,26,29). The monoisotopic (exact) mass is 537 g/mol. The molecule has 0 heterocycles. The van der Waals surface area contributed by atoms with Crippen molar-refractivity contribution in [3.63, 3.8) is 0 Å². The van der Waals surface area contributed by atoms with Gasteiger partial charge in [-0.25, -0.2) is 8.42 Å². The first-order valence-electron chi connectivity index (χ1n) is 10.1. The molecule has 0 bridgehead atoms. The van der Waals surface area contributed by atoms with Crippen LogP contribution in [0.3, 0.4) is 0 Å². The number of halogens is 2. The maximum absolute atomic E-state index is 13.7. The van der Waals surface area contributed by atoms with Gasteiger partial charge in [-0.1, -0.05) is 35.3 Å². The summed E-state index contributed by atoms with van der Waals surface area (Å²) in [6.07, 6.45) is 0. The molecule has 1 amide bonds. The molecule has 3 rings (SSSR count). The number of amides is 1. The van der Waals surface area contributed by atoms with Crippen LogP contribution in [-0.2, 0) is 14.8 Å². The van der Waals surface area contributed by atoms with Gasteiger partial charge in [0.05, 0.1) is 22.6 Å². The molecule has 0 saturated carbocycles. The summed E-state index contributed by atoms with van der Waals surface area (Å²) in [6, 6.07) is 12.7. The fourth-order valence-electron chi connectivity index (χ4n) is 3.29. The Labute approximate surface area is 212 Å². The maximum atomic E-state index is 13.7. The maximum Gasteiger partial charge on any atom is 0.273 e. The number of anilines is 2. The lowest BCUT2D eigenvalue weighted by Gasteiger charge is -2.26. The van der Waals surface area contributed by atoms with Crippen LogP contribution in [0.4, 0.5) is 17.1 Å². The summed E-state index contributed by atoms with van der Waals surface area (Å²) >= 11 is 12.2. The third kappa shape index (κ3) is 5.67. The highest BCUT2D eigenvalue weighted by Gasteiger charge is 2.31.